The Morgan fingerprint density at radius 3 is 1.84 bits per heavy atom. The van der Waals surface area contributed by atoms with Gasteiger partial charge in [-0.2, -0.15) is 0 Å². The Hall–Kier alpha value is 0.360. The van der Waals surface area contributed by atoms with Crippen molar-refractivity contribution in [3.63, 3.8) is 0 Å². The number of unbranched alkanes of at least 4 members (excludes halogenated alkanes) is 1. The number of hydrogen-bond donors (Lipinski definition) is 0. The summed E-state index contributed by atoms with van der Waals surface area (Å²) in [5.41, 5.74) is 0.355. The van der Waals surface area contributed by atoms with Gasteiger partial charge in [0.1, 0.15) is 0 Å². The maximum absolute atomic E-state index is 5.59. The highest BCUT2D eigenvalue weighted by Gasteiger charge is 2.19. The lowest BCUT2D eigenvalue weighted by Gasteiger charge is -2.25. The molecular formula is C15H31BrO3. The third-order valence-corrected chi connectivity index (χ3v) is 4.77. The molecule has 0 heterocycles. The van der Waals surface area contributed by atoms with Crippen molar-refractivity contribution >= 4 is 15.9 Å². The molecule has 0 aliphatic carbocycles. The van der Waals surface area contributed by atoms with Crippen LogP contribution in [0, 0.1) is 5.41 Å². The number of alkyl halides is 1. The van der Waals surface area contributed by atoms with E-state index < -0.39 is 0 Å². The summed E-state index contributed by atoms with van der Waals surface area (Å²) < 4.78 is 16.4. The summed E-state index contributed by atoms with van der Waals surface area (Å²) in [5.74, 6) is 0. The maximum atomic E-state index is 5.59. The van der Waals surface area contributed by atoms with E-state index in [9.17, 15) is 0 Å². The van der Waals surface area contributed by atoms with Crippen LogP contribution >= 0.6 is 15.9 Å². The lowest BCUT2D eigenvalue weighted by Crippen LogP contribution is -2.20. The highest BCUT2D eigenvalue weighted by molar-refractivity contribution is 9.09. The molecule has 116 valence electrons. The number of ether oxygens (including phenoxy) is 3. The highest BCUT2D eigenvalue weighted by atomic mass is 79.9. The van der Waals surface area contributed by atoms with Crippen LogP contribution in [0.2, 0.25) is 0 Å². The minimum Gasteiger partial charge on any atom is -0.379 e. The lowest BCUT2D eigenvalue weighted by molar-refractivity contribution is 0.00942. The van der Waals surface area contributed by atoms with Gasteiger partial charge in [0, 0.05) is 18.5 Å². The summed E-state index contributed by atoms with van der Waals surface area (Å²) >= 11 is 3.57. The number of hydrogen-bond acceptors (Lipinski definition) is 3. The van der Waals surface area contributed by atoms with Gasteiger partial charge in [-0.15, -0.1) is 0 Å². The van der Waals surface area contributed by atoms with Crippen molar-refractivity contribution in [1.29, 1.82) is 0 Å². The standard InChI is InChI=1S/C15H31BrO3/c1-4-6-8-17-10-12-19-13-11-18-9-7-15(3,5-2)14-16/h4-14H2,1-3H3. The Morgan fingerprint density at radius 2 is 1.37 bits per heavy atom. The van der Waals surface area contributed by atoms with Crippen molar-refractivity contribution in [3.8, 4) is 0 Å². The minimum absolute atomic E-state index is 0.355. The second kappa shape index (κ2) is 13.3. The summed E-state index contributed by atoms with van der Waals surface area (Å²) in [5, 5.41) is 1.03. The van der Waals surface area contributed by atoms with Gasteiger partial charge in [0.15, 0.2) is 0 Å². The Bertz CT molecular complexity index is 184. The van der Waals surface area contributed by atoms with Crippen LogP contribution in [0.1, 0.15) is 46.5 Å². The molecule has 1 unspecified atom stereocenters. The fraction of sp³-hybridized carbons (Fsp3) is 1.00. The molecule has 0 aliphatic heterocycles. The zero-order chi connectivity index (χ0) is 14.4. The van der Waals surface area contributed by atoms with E-state index >= 15 is 0 Å². The Balaban J connectivity index is 3.19. The summed E-state index contributed by atoms with van der Waals surface area (Å²) in [6, 6.07) is 0. The summed E-state index contributed by atoms with van der Waals surface area (Å²) in [4.78, 5) is 0. The van der Waals surface area contributed by atoms with E-state index in [-0.39, 0.29) is 0 Å². The fourth-order valence-corrected chi connectivity index (χ4v) is 2.12. The summed E-state index contributed by atoms with van der Waals surface area (Å²) in [6.07, 6.45) is 4.58. The number of halogens is 1. The van der Waals surface area contributed by atoms with E-state index in [4.69, 9.17) is 14.2 Å². The zero-order valence-corrected chi connectivity index (χ0v) is 14.5. The average molecular weight is 339 g/mol. The van der Waals surface area contributed by atoms with Crippen LogP contribution in [0.15, 0.2) is 0 Å². The van der Waals surface area contributed by atoms with Crippen molar-refractivity contribution < 1.29 is 14.2 Å². The Labute approximate surface area is 127 Å². The molecule has 0 radical (unpaired) electrons. The average Bonchev–Trinajstić information content (AvgIpc) is 2.44. The van der Waals surface area contributed by atoms with Crippen LogP contribution in [0.5, 0.6) is 0 Å². The Morgan fingerprint density at radius 1 is 0.842 bits per heavy atom. The van der Waals surface area contributed by atoms with E-state index in [0.717, 1.165) is 31.4 Å². The van der Waals surface area contributed by atoms with Gasteiger partial charge in [0.05, 0.1) is 26.4 Å². The van der Waals surface area contributed by atoms with E-state index in [1.165, 1.54) is 12.8 Å². The molecule has 0 spiro atoms. The summed E-state index contributed by atoms with van der Waals surface area (Å²) in [6.45, 7) is 11.0. The van der Waals surface area contributed by atoms with Gasteiger partial charge in [-0.3, -0.25) is 0 Å². The second-order valence-corrected chi connectivity index (χ2v) is 5.80. The largest absolute Gasteiger partial charge is 0.379 e. The second-order valence-electron chi connectivity index (χ2n) is 5.24. The smallest absolute Gasteiger partial charge is 0.0701 e. The zero-order valence-electron chi connectivity index (χ0n) is 12.9. The molecule has 3 nitrogen and oxygen atoms in total. The molecule has 0 aromatic heterocycles. The molecule has 1 atom stereocenters. The van der Waals surface area contributed by atoms with Crippen LogP contribution in [0.3, 0.4) is 0 Å². The van der Waals surface area contributed by atoms with Gasteiger partial charge in [0.25, 0.3) is 0 Å². The SMILES string of the molecule is CCCCOCCOCCOCCC(C)(CC)CBr. The molecule has 0 rings (SSSR count). The molecule has 0 aliphatic rings. The van der Waals surface area contributed by atoms with Crippen molar-refractivity contribution in [2.75, 3.05) is 45.0 Å². The molecule has 0 saturated heterocycles. The van der Waals surface area contributed by atoms with Crippen LogP contribution in [0.4, 0.5) is 0 Å². The van der Waals surface area contributed by atoms with E-state index in [1.807, 2.05) is 0 Å². The summed E-state index contributed by atoms with van der Waals surface area (Å²) in [7, 11) is 0. The van der Waals surface area contributed by atoms with Crippen molar-refractivity contribution in [1.82, 2.24) is 0 Å². The van der Waals surface area contributed by atoms with Crippen LogP contribution in [0.25, 0.3) is 0 Å². The first-order chi connectivity index (χ1) is 9.18. The molecule has 0 N–H and O–H groups in total. The third-order valence-electron chi connectivity index (χ3n) is 3.41. The molecule has 0 fully saturated rings. The topological polar surface area (TPSA) is 27.7 Å². The van der Waals surface area contributed by atoms with Gasteiger partial charge in [0.2, 0.25) is 0 Å². The predicted molar refractivity (Wildman–Crippen MR) is 84.2 cm³/mol. The van der Waals surface area contributed by atoms with Gasteiger partial charge in [-0.05, 0) is 24.7 Å². The van der Waals surface area contributed by atoms with Crippen LogP contribution in [-0.4, -0.2) is 45.0 Å². The maximum Gasteiger partial charge on any atom is 0.0701 e. The normalized spacial score (nSPS) is 14.5. The lowest BCUT2D eigenvalue weighted by atomic mass is 9.87. The van der Waals surface area contributed by atoms with Crippen LogP contribution in [-0.2, 0) is 14.2 Å². The first-order valence-electron chi connectivity index (χ1n) is 7.47. The molecule has 0 amide bonds. The van der Waals surface area contributed by atoms with E-state index in [1.54, 1.807) is 0 Å². The third kappa shape index (κ3) is 11.9. The van der Waals surface area contributed by atoms with Crippen molar-refractivity contribution in [2.24, 2.45) is 5.41 Å². The predicted octanol–water partition coefficient (Wildman–Crippen LogP) is 4.04. The number of rotatable bonds is 14. The van der Waals surface area contributed by atoms with Crippen molar-refractivity contribution in [2.45, 2.75) is 46.5 Å². The fourth-order valence-electron chi connectivity index (χ4n) is 1.44. The monoisotopic (exact) mass is 338 g/mol. The quantitative estimate of drug-likeness (QED) is 0.353. The Kier molecular flexibility index (Phi) is 13.6. The highest BCUT2D eigenvalue weighted by Crippen LogP contribution is 2.27. The van der Waals surface area contributed by atoms with Gasteiger partial charge in [-0.25, -0.2) is 0 Å². The van der Waals surface area contributed by atoms with E-state index in [0.29, 0.717) is 31.8 Å². The van der Waals surface area contributed by atoms with E-state index in [2.05, 4.69) is 36.7 Å². The molecule has 0 aromatic carbocycles. The molecule has 19 heavy (non-hydrogen) atoms. The first-order valence-corrected chi connectivity index (χ1v) is 8.60. The molecule has 0 bridgehead atoms. The molecular weight excluding hydrogens is 308 g/mol. The molecule has 0 saturated carbocycles. The van der Waals surface area contributed by atoms with Crippen molar-refractivity contribution in [3.05, 3.63) is 0 Å². The molecule has 0 aromatic rings. The van der Waals surface area contributed by atoms with Gasteiger partial charge < -0.3 is 14.2 Å². The minimum atomic E-state index is 0.355. The molecule has 4 heteroatoms. The van der Waals surface area contributed by atoms with Gasteiger partial charge >= 0.3 is 0 Å². The van der Waals surface area contributed by atoms with Crippen LogP contribution < -0.4 is 0 Å². The first kappa shape index (κ1) is 19.4. The van der Waals surface area contributed by atoms with Gasteiger partial charge in [-0.1, -0.05) is 43.1 Å².